The summed E-state index contributed by atoms with van der Waals surface area (Å²) in [7, 11) is 0. The Balaban J connectivity index is 1.72. The van der Waals surface area contributed by atoms with Gasteiger partial charge in [0.1, 0.15) is 0 Å². The Hall–Kier alpha value is -4.25. The van der Waals surface area contributed by atoms with E-state index < -0.39 is 22.5 Å². The molecule has 0 radical (unpaired) electrons. The summed E-state index contributed by atoms with van der Waals surface area (Å²) in [6, 6.07) is 9.76. The summed E-state index contributed by atoms with van der Waals surface area (Å²) in [5, 5.41) is 11.8. The molecule has 2 aliphatic rings. The van der Waals surface area contributed by atoms with E-state index in [1.165, 1.54) is 22.8 Å². The van der Waals surface area contributed by atoms with Gasteiger partial charge in [0.15, 0.2) is 16.3 Å². The molecule has 0 aliphatic carbocycles. The zero-order chi connectivity index (χ0) is 27.1. The van der Waals surface area contributed by atoms with Gasteiger partial charge in [0.25, 0.3) is 11.2 Å². The van der Waals surface area contributed by atoms with Crippen molar-refractivity contribution in [1.29, 1.82) is 0 Å². The minimum Gasteiger partial charge on any atom is -0.463 e. The third-order valence-corrected chi connectivity index (χ3v) is 7.42. The van der Waals surface area contributed by atoms with Gasteiger partial charge in [0, 0.05) is 0 Å². The van der Waals surface area contributed by atoms with E-state index in [0.717, 1.165) is 22.5 Å². The van der Waals surface area contributed by atoms with Crippen molar-refractivity contribution < 1.29 is 23.9 Å². The molecule has 0 N–H and O–H groups in total. The molecular weight excluding hydrogens is 510 g/mol. The number of nitrogens with zero attached hydrogens (tertiary/aromatic N) is 3. The second-order valence-corrected chi connectivity index (χ2v) is 10.2. The van der Waals surface area contributed by atoms with Crippen molar-refractivity contribution in [3.05, 3.63) is 94.2 Å². The zero-order valence-corrected chi connectivity index (χ0v) is 22.0. The number of allylic oxidation sites excluding steroid dienone is 1. The average molecular weight is 536 g/mol. The smallest absolute Gasteiger partial charge is 0.338 e. The standard InChI is InChI=1S/C27H25N3O7S/c1-5-35-26(32)23-15(4)28-27-29(24(23)17-8-6-16(7-9-17)14(2)3)25(31)22(38-27)11-18-10-20-21(37-13-36-20)12-19(18)30(33)34/h6-12,14,24H,5,13H2,1-4H3/b22-11-/t24-/m1/s1. The minimum absolute atomic E-state index is 0.0381. The normalized spacial score (nSPS) is 16.4. The summed E-state index contributed by atoms with van der Waals surface area (Å²) in [5.74, 6) is 0.394. The second kappa shape index (κ2) is 9.90. The maximum absolute atomic E-state index is 13.8. The number of nitro groups is 1. The monoisotopic (exact) mass is 535 g/mol. The average Bonchev–Trinajstić information content (AvgIpc) is 3.46. The van der Waals surface area contributed by atoms with Crippen LogP contribution in [-0.4, -0.2) is 28.9 Å². The largest absolute Gasteiger partial charge is 0.463 e. The number of hydrogen-bond acceptors (Lipinski definition) is 9. The Morgan fingerprint density at radius 3 is 2.58 bits per heavy atom. The van der Waals surface area contributed by atoms with Crippen LogP contribution in [0.2, 0.25) is 0 Å². The van der Waals surface area contributed by atoms with Crippen LogP contribution in [0.25, 0.3) is 6.08 Å². The van der Waals surface area contributed by atoms with Gasteiger partial charge >= 0.3 is 5.97 Å². The Kier molecular flexibility index (Phi) is 6.62. The quantitative estimate of drug-likeness (QED) is 0.269. The summed E-state index contributed by atoms with van der Waals surface area (Å²) < 4.78 is 17.7. The summed E-state index contributed by atoms with van der Waals surface area (Å²) >= 11 is 1.10. The number of carbonyl (C=O) groups excluding carboxylic acids is 1. The lowest BCUT2D eigenvalue weighted by Gasteiger charge is -2.25. The molecule has 5 rings (SSSR count). The van der Waals surface area contributed by atoms with Crippen LogP contribution in [0.4, 0.5) is 5.69 Å². The maximum Gasteiger partial charge on any atom is 0.338 e. The summed E-state index contributed by atoms with van der Waals surface area (Å²) in [4.78, 5) is 43.0. The zero-order valence-electron chi connectivity index (χ0n) is 21.2. The Bertz CT molecular complexity index is 1670. The fourth-order valence-corrected chi connectivity index (χ4v) is 5.57. The predicted octanol–water partition coefficient (Wildman–Crippen LogP) is 3.56. The number of hydrogen-bond donors (Lipinski definition) is 0. The highest BCUT2D eigenvalue weighted by molar-refractivity contribution is 7.07. The van der Waals surface area contributed by atoms with Gasteiger partial charge in [-0.05, 0) is 43.0 Å². The number of rotatable bonds is 6. The molecule has 2 aliphatic heterocycles. The molecule has 11 heteroatoms. The van der Waals surface area contributed by atoms with Crippen molar-refractivity contribution in [2.75, 3.05) is 13.4 Å². The number of benzene rings is 2. The van der Waals surface area contributed by atoms with E-state index in [2.05, 4.69) is 18.8 Å². The van der Waals surface area contributed by atoms with Crippen LogP contribution in [0.5, 0.6) is 11.5 Å². The first-order chi connectivity index (χ1) is 18.2. The molecule has 0 amide bonds. The Morgan fingerprint density at radius 1 is 1.26 bits per heavy atom. The van der Waals surface area contributed by atoms with Crippen LogP contribution in [0, 0.1) is 10.1 Å². The predicted molar refractivity (Wildman–Crippen MR) is 140 cm³/mol. The fourth-order valence-electron chi connectivity index (χ4n) is 4.53. The Morgan fingerprint density at radius 2 is 1.95 bits per heavy atom. The first-order valence-corrected chi connectivity index (χ1v) is 12.9. The molecule has 2 aromatic carbocycles. The van der Waals surface area contributed by atoms with Crippen LogP contribution >= 0.6 is 11.3 Å². The fraction of sp³-hybridized carbons (Fsp3) is 0.296. The minimum atomic E-state index is -0.764. The third-order valence-electron chi connectivity index (χ3n) is 6.44. The maximum atomic E-state index is 13.8. The van der Waals surface area contributed by atoms with E-state index in [1.807, 2.05) is 24.3 Å². The van der Waals surface area contributed by atoms with Gasteiger partial charge < -0.3 is 14.2 Å². The lowest BCUT2D eigenvalue weighted by Crippen LogP contribution is -2.40. The third kappa shape index (κ3) is 4.38. The van der Waals surface area contributed by atoms with Crippen molar-refractivity contribution >= 4 is 29.1 Å². The molecule has 0 saturated heterocycles. The number of thiazole rings is 1. The van der Waals surface area contributed by atoms with Crippen LogP contribution in [0.1, 0.15) is 56.3 Å². The number of ether oxygens (including phenoxy) is 3. The van der Waals surface area contributed by atoms with Gasteiger partial charge in [-0.25, -0.2) is 9.79 Å². The highest BCUT2D eigenvalue weighted by Gasteiger charge is 2.33. The number of aromatic nitrogens is 1. The highest BCUT2D eigenvalue weighted by Crippen LogP contribution is 2.38. The topological polar surface area (TPSA) is 122 Å². The van der Waals surface area contributed by atoms with E-state index in [1.54, 1.807) is 13.8 Å². The van der Waals surface area contributed by atoms with Crippen LogP contribution in [-0.2, 0) is 9.53 Å². The molecule has 0 unspecified atom stereocenters. The van der Waals surface area contributed by atoms with Crippen molar-refractivity contribution in [3.8, 4) is 11.5 Å². The van der Waals surface area contributed by atoms with Crippen molar-refractivity contribution in [2.45, 2.75) is 39.7 Å². The van der Waals surface area contributed by atoms with E-state index in [0.29, 0.717) is 22.2 Å². The summed E-state index contributed by atoms with van der Waals surface area (Å²) in [6.45, 7) is 7.73. The van der Waals surface area contributed by atoms with Crippen LogP contribution in [0.3, 0.4) is 0 Å². The molecule has 10 nitrogen and oxygen atoms in total. The van der Waals surface area contributed by atoms with Crippen molar-refractivity contribution in [1.82, 2.24) is 4.57 Å². The van der Waals surface area contributed by atoms with Gasteiger partial charge in [-0.1, -0.05) is 49.4 Å². The molecular formula is C27H25N3O7S. The molecule has 0 fully saturated rings. The van der Waals surface area contributed by atoms with E-state index in [4.69, 9.17) is 14.2 Å². The number of esters is 1. The molecule has 1 aromatic heterocycles. The van der Waals surface area contributed by atoms with Crippen LogP contribution < -0.4 is 24.4 Å². The lowest BCUT2D eigenvalue weighted by atomic mass is 9.93. The molecule has 3 aromatic rings. The lowest BCUT2D eigenvalue weighted by molar-refractivity contribution is -0.385. The van der Waals surface area contributed by atoms with Gasteiger partial charge in [-0.2, -0.15) is 0 Å². The van der Waals surface area contributed by atoms with Crippen molar-refractivity contribution in [2.24, 2.45) is 4.99 Å². The van der Waals surface area contributed by atoms with E-state index >= 15 is 0 Å². The molecule has 196 valence electrons. The number of fused-ring (bicyclic) bond motifs is 2. The summed E-state index contributed by atoms with van der Waals surface area (Å²) in [6.07, 6.45) is 1.45. The Labute approximate surface area is 221 Å². The molecule has 38 heavy (non-hydrogen) atoms. The molecule has 3 heterocycles. The van der Waals surface area contributed by atoms with Gasteiger partial charge in [-0.3, -0.25) is 19.5 Å². The van der Waals surface area contributed by atoms with Crippen molar-refractivity contribution in [3.63, 3.8) is 0 Å². The van der Waals surface area contributed by atoms with E-state index in [-0.39, 0.29) is 40.5 Å². The number of carbonyl (C=O) groups is 1. The SMILES string of the molecule is CCOC(=O)C1=C(C)N=c2s/c(=C\c3cc4c(cc3[N+](=O)[O-])OCO4)c(=O)n2[C@@H]1c1ccc(C(C)C)cc1. The van der Waals surface area contributed by atoms with Gasteiger partial charge in [0.05, 0.1) is 45.0 Å². The molecule has 0 bridgehead atoms. The van der Waals surface area contributed by atoms with Crippen LogP contribution in [0.15, 0.2) is 57.5 Å². The van der Waals surface area contributed by atoms with Gasteiger partial charge in [-0.15, -0.1) is 0 Å². The van der Waals surface area contributed by atoms with Gasteiger partial charge in [0.2, 0.25) is 6.79 Å². The molecule has 0 saturated carbocycles. The molecule has 1 atom stereocenters. The summed E-state index contributed by atoms with van der Waals surface area (Å²) in [5.41, 5.74) is 2.13. The first-order valence-electron chi connectivity index (χ1n) is 12.1. The first kappa shape index (κ1) is 25.4. The highest BCUT2D eigenvalue weighted by atomic mass is 32.1. The second-order valence-electron chi connectivity index (χ2n) is 9.15. The van der Waals surface area contributed by atoms with E-state index in [9.17, 15) is 19.7 Å². The number of nitro benzene ring substituents is 1. The molecule has 0 spiro atoms.